The quantitative estimate of drug-likeness (QED) is 0.0228. The van der Waals surface area contributed by atoms with Gasteiger partial charge in [0, 0.05) is 19.3 Å². The van der Waals surface area contributed by atoms with Gasteiger partial charge in [-0.15, -0.1) is 0 Å². The van der Waals surface area contributed by atoms with E-state index in [1.54, 1.807) is 0 Å². The van der Waals surface area contributed by atoms with Gasteiger partial charge in [-0.1, -0.05) is 200 Å². The number of carbonyl (C=O) groups is 4. The maximum atomic E-state index is 13.2. The summed E-state index contributed by atoms with van der Waals surface area (Å²) in [5.74, 6) is -3.23. The summed E-state index contributed by atoms with van der Waals surface area (Å²) in [6.45, 7) is 5.68. The summed E-state index contributed by atoms with van der Waals surface area (Å²) in [6, 6.07) is 0. The normalized spacial score (nSPS) is 18.7. The standard InChI is InChI=1S/C67H106O12/c1-4-7-10-13-16-19-22-25-28-29-30-31-34-37-40-43-46-49-52-55-61(70)78-65-63(72)62(71)64(66(73)74)79-67(65)76-57-58(77-60(69)54-51-48-45-42-39-36-33-27-24-21-18-15-12-9-6-3)56-75-59(68)53-50-47-44-41-38-35-32-26-23-20-17-14-11-8-5-2/h7-8,10-11,16-21,25-28,30-33,38,41,58,62-65,67,71-72H,4-6,9,12-15,22-24,29,34-37,39-40,42-57H2,1-3H3,(H,73,74)/b10-7-,11-8-,19-16-,20-17-,21-18-,28-25-,31-30-,32-26-,33-27-,41-38-. The van der Waals surface area contributed by atoms with Gasteiger partial charge in [0.05, 0.1) is 6.61 Å². The van der Waals surface area contributed by atoms with Gasteiger partial charge in [-0.2, -0.15) is 0 Å². The zero-order valence-electron chi connectivity index (χ0n) is 49.1. The van der Waals surface area contributed by atoms with E-state index in [1.165, 1.54) is 19.3 Å². The number of carboxylic acid groups (broad SMARTS) is 1. The first-order chi connectivity index (χ1) is 38.6. The number of carbonyl (C=O) groups excluding carboxylic acids is 3. The van der Waals surface area contributed by atoms with Crippen molar-refractivity contribution in [3.8, 4) is 0 Å². The first-order valence-corrected chi connectivity index (χ1v) is 30.5. The van der Waals surface area contributed by atoms with Crippen molar-refractivity contribution in [2.24, 2.45) is 0 Å². The summed E-state index contributed by atoms with van der Waals surface area (Å²) in [7, 11) is 0. The van der Waals surface area contributed by atoms with Crippen molar-refractivity contribution in [3.63, 3.8) is 0 Å². The number of hydrogen-bond acceptors (Lipinski definition) is 11. The number of aliphatic hydroxyl groups is 2. The van der Waals surface area contributed by atoms with Crippen LogP contribution in [0.4, 0.5) is 0 Å². The molecule has 0 spiro atoms. The van der Waals surface area contributed by atoms with Crippen LogP contribution in [0.15, 0.2) is 122 Å². The molecule has 0 saturated carbocycles. The number of ether oxygens (including phenoxy) is 5. The highest BCUT2D eigenvalue weighted by molar-refractivity contribution is 5.74. The third-order valence-corrected chi connectivity index (χ3v) is 13.0. The van der Waals surface area contributed by atoms with Gasteiger partial charge in [-0.3, -0.25) is 14.4 Å². The van der Waals surface area contributed by atoms with Crippen molar-refractivity contribution < 1.29 is 58.2 Å². The molecule has 79 heavy (non-hydrogen) atoms. The Labute approximate surface area is 478 Å². The Morgan fingerprint density at radius 1 is 0.430 bits per heavy atom. The lowest BCUT2D eigenvalue weighted by molar-refractivity contribution is -0.301. The Kier molecular flexibility index (Phi) is 49.1. The van der Waals surface area contributed by atoms with Crippen LogP contribution in [-0.2, 0) is 42.9 Å². The van der Waals surface area contributed by atoms with Crippen LogP contribution >= 0.6 is 0 Å². The molecule has 1 aliphatic heterocycles. The van der Waals surface area contributed by atoms with Crippen LogP contribution < -0.4 is 0 Å². The SMILES string of the molecule is CC/C=C\C/C=C\C/C=C\C/C=C\CCCCCCCCC(=O)OC1C(OCC(COC(=O)CCCC/C=C\C/C=C\C/C=C\C/C=C\CC)OC(=O)CCCCCCC/C=C\C/C=C\CCCCC)OC(C(=O)O)C(O)C1O. The Morgan fingerprint density at radius 3 is 1.24 bits per heavy atom. The van der Waals surface area contributed by atoms with Crippen molar-refractivity contribution in [2.45, 2.75) is 263 Å². The zero-order valence-corrected chi connectivity index (χ0v) is 49.1. The van der Waals surface area contributed by atoms with Crippen LogP contribution in [0.25, 0.3) is 0 Å². The summed E-state index contributed by atoms with van der Waals surface area (Å²) in [6.07, 6.45) is 61.6. The minimum absolute atomic E-state index is 0.0319. The van der Waals surface area contributed by atoms with E-state index in [4.69, 9.17) is 23.7 Å². The van der Waals surface area contributed by atoms with Crippen molar-refractivity contribution in [3.05, 3.63) is 122 Å². The van der Waals surface area contributed by atoms with Crippen LogP contribution in [0.2, 0.25) is 0 Å². The maximum absolute atomic E-state index is 13.2. The molecule has 1 fully saturated rings. The highest BCUT2D eigenvalue weighted by Gasteiger charge is 2.50. The zero-order chi connectivity index (χ0) is 57.5. The van der Waals surface area contributed by atoms with Gasteiger partial charge in [0.1, 0.15) is 18.8 Å². The van der Waals surface area contributed by atoms with E-state index in [9.17, 15) is 34.5 Å². The topological polar surface area (TPSA) is 175 Å². The van der Waals surface area contributed by atoms with E-state index < -0.39 is 67.3 Å². The lowest BCUT2D eigenvalue weighted by atomic mass is 9.98. The van der Waals surface area contributed by atoms with Crippen LogP contribution in [0.5, 0.6) is 0 Å². The third kappa shape index (κ3) is 43.6. The fourth-order valence-corrected chi connectivity index (χ4v) is 8.38. The lowest BCUT2D eigenvalue weighted by Crippen LogP contribution is -2.61. The molecule has 6 atom stereocenters. The molecule has 0 amide bonds. The number of aliphatic carboxylic acids is 1. The summed E-state index contributed by atoms with van der Waals surface area (Å²) >= 11 is 0. The van der Waals surface area contributed by atoms with E-state index in [0.29, 0.717) is 19.3 Å². The fraction of sp³-hybridized carbons (Fsp3) is 0.642. The van der Waals surface area contributed by atoms with Crippen LogP contribution in [0.1, 0.15) is 226 Å². The van der Waals surface area contributed by atoms with Crippen molar-refractivity contribution in [1.29, 1.82) is 0 Å². The summed E-state index contributed by atoms with van der Waals surface area (Å²) in [5.41, 5.74) is 0. The number of allylic oxidation sites excluding steroid dienone is 20. The highest BCUT2D eigenvalue weighted by atomic mass is 16.7. The minimum atomic E-state index is -1.92. The van der Waals surface area contributed by atoms with Crippen LogP contribution in [0.3, 0.4) is 0 Å². The second kappa shape index (κ2) is 53.7. The van der Waals surface area contributed by atoms with Crippen LogP contribution in [-0.4, -0.2) is 89.2 Å². The van der Waals surface area contributed by atoms with E-state index in [2.05, 4.69) is 142 Å². The fourth-order valence-electron chi connectivity index (χ4n) is 8.38. The Balaban J connectivity index is 2.72. The molecular formula is C67H106O12. The molecule has 0 aromatic heterocycles. The lowest BCUT2D eigenvalue weighted by Gasteiger charge is -2.40. The Morgan fingerprint density at radius 2 is 0.797 bits per heavy atom. The molecule has 12 nitrogen and oxygen atoms in total. The molecule has 1 aliphatic rings. The molecule has 446 valence electrons. The van der Waals surface area contributed by atoms with Crippen molar-refractivity contribution in [1.82, 2.24) is 0 Å². The molecule has 0 radical (unpaired) electrons. The van der Waals surface area contributed by atoms with Crippen molar-refractivity contribution in [2.75, 3.05) is 13.2 Å². The third-order valence-electron chi connectivity index (χ3n) is 13.0. The van der Waals surface area contributed by atoms with E-state index in [0.717, 1.165) is 148 Å². The summed E-state index contributed by atoms with van der Waals surface area (Å²) < 4.78 is 28.4. The number of aliphatic hydroxyl groups excluding tert-OH is 2. The molecular weight excluding hydrogens is 997 g/mol. The molecule has 12 heteroatoms. The van der Waals surface area contributed by atoms with Gasteiger partial charge in [0.15, 0.2) is 24.6 Å². The monoisotopic (exact) mass is 1100 g/mol. The van der Waals surface area contributed by atoms with Gasteiger partial charge in [0.25, 0.3) is 0 Å². The molecule has 0 bridgehead atoms. The number of unbranched alkanes of at least 4 members (excludes halogenated alkanes) is 16. The molecule has 0 aromatic rings. The average Bonchev–Trinajstić information content (AvgIpc) is 3.44. The first-order valence-electron chi connectivity index (χ1n) is 30.5. The number of esters is 3. The number of hydrogen-bond donors (Lipinski definition) is 3. The molecule has 3 N–H and O–H groups in total. The second-order valence-electron chi connectivity index (χ2n) is 20.2. The minimum Gasteiger partial charge on any atom is -0.479 e. The average molecular weight is 1100 g/mol. The van der Waals surface area contributed by atoms with Crippen molar-refractivity contribution >= 4 is 23.9 Å². The Hall–Kier alpha value is -4.88. The van der Waals surface area contributed by atoms with Gasteiger partial charge < -0.3 is 39.0 Å². The number of carboxylic acids is 1. The smallest absolute Gasteiger partial charge is 0.335 e. The van der Waals surface area contributed by atoms with E-state index in [-0.39, 0.29) is 25.9 Å². The van der Waals surface area contributed by atoms with Gasteiger partial charge in [0.2, 0.25) is 0 Å². The summed E-state index contributed by atoms with van der Waals surface area (Å²) in [5, 5.41) is 31.5. The highest BCUT2D eigenvalue weighted by Crippen LogP contribution is 2.26. The maximum Gasteiger partial charge on any atom is 0.335 e. The van der Waals surface area contributed by atoms with Gasteiger partial charge >= 0.3 is 23.9 Å². The predicted molar refractivity (Wildman–Crippen MR) is 321 cm³/mol. The Bertz CT molecular complexity index is 1840. The van der Waals surface area contributed by atoms with Crippen LogP contribution in [0, 0.1) is 0 Å². The molecule has 0 aliphatic carbocycles. The molecule has 1 saturated heterocycles. The number of rotatable bonds is 50. The first kappa shape index (κ1) is 72.1. The second-order valence-corrected chi connectivity index (χ2v) is 20.2. The van der Waals surface area contributed by atoms with Gasteiger partial charge in [-0.25, -0.2) is 4.79 Å². The van der Waals surface area contributed by atoms with Gasteiger partial charge in [-0.05, 0) is 128 Å². The van der Waals surface area contributed by atoms with E-state index >= 15 is 0 Å². The van der Waals surface area contributed by atoms with E-state index in [1.807, 2.05) is 0 Å². The molecule has 1 rings (SSSR count). The molecule has 0 aromatic carbocycles. The summed E-state index contributed by atoms with van der Waals surface area (Å²) in [4.78, 5) is 51.2. The molecule has 6 unspecified atom stereocenters. The predicted octanol–water partition coefficient (Wildman–Crippen LogP) is 16.0. The largest absolute Gasteiger partial charge is 0.479 e. The molecule has 1 heterocycles.